The molecule has 0 aliphatic heterocycles. The Morgan fingerprint density at radius 1 is 1.17 bits per heavy atom. The van der Waals surface area contributed by atoms with Gasteiger partial charge in [-0.05, 0) is 64.4 Å². The van der Waals surface area contributed by atoms with Crippen molar-refractivity contribution in [3.8, 4) is 0 Å². The van der Waals surface area contributed by atoms with Gasteiger partial charge in [-0.15, -0.1) is 0 Å². The van der Waals surface area contributed by atoms with E-state index in [1.807, 2.05) is 18.2 Å². The second-order valence-corrected chi connectivity index (χ2v) is 6.79. The van der Waals surface area contributed by atoms with E-state index in [9.17, 15) is 5.11 Å². The number of aromatic nitrogens is 2. The van der Waals surface area contributed by atoms with Crippen molar-refractivity contribution in [3.05, 3.63) is 30.1 Å². The first-order valence-corrected chi connectivity index (χ1v) is 8.40. The minimum Gasteiger partial charge on any atom is -0.389 e. The fourth-order valence-electron chi connectivity index (χ4n) is 3.38. The summed E-state index contributed by atoms with van der Waals surface area (Å²) >= 11 is 0. The standard InChI is InChI=1S/C18H26N4O/c1-12(23)13-4-9-17-16(10-13)18(20-11-19-17)21-14-5-7-15(8-6-14)22(2)3/h4,9-12,14-15,23H,5-8H2,1-3H3,(H,19,20,21)/t12?,14-,15-. The second-order valence-electron chi connectivity index (χ2n) is 6.79. The number of nitrogens with zero attached hydrogens (tertiary/aromatic N) is 3. The van der Waals surface area contributed by atoms with Gasteiger partial charge in [0.1, 0.15) is 12.1 Å². The molecule has 0 saturated heterocycles. The molecule has 1 saturated carbocycles. The predicted molar refractivity (Wildman–Crippen MR) is 93.5 cm³/mol. The van der Waals surface area contributed by atoms with Crippen molar-refractivity contribution in [2.24, 2.45) is 0 Å². The third-order valence-electron chi connectivity index (χ3n) is 4.91. The lowest BCUT2D eigenvalue weighted by atomic mass is 9.90. The molecule has 124 valence electrons. The van der Waals surface area contributed by atoms with Crippen molar-refractivity contribution < 1.29 is 5.11 Å². The third-order valence-corrected chi connectivity index (χ3v) is 4.91. The number of hydrogen-bond acceptors (Lipinski definition) is 5. The van der Waals surface area contributed by atoms with Gasteiger partial charge in [-0.2, -0.15) is 0 Å². The van der Waals surface area contributed by atoms with E-state index < -0.39 is 6.10 Å². The van der Waals surface area contributed by atoms with E-state index in [2.05, 4.69) is 34.3 Å². The van der Waals surface area contributed by atoms with Gasteiger partial charge in [0.15, 0.2) is 0 Å². The molecule has 5 heteroatoms. The summed E-state index contributed by atoms with van der Waals surface area (Å²) in [4.78, 5) is 11.1. The molecule has 2 aromatic rings. The highest BCUT2D eigenvalue weighted by molar-refractivity contribution is 5.89. The number of aliphatic hydroxyl groups is 1. The van der Waals surface area contributed by atoms with Gasteiger partial charge in [0, 0.05) is 17.5 Å². The number of rotatable bonds is 4. The number of benzene rings is 1. The van der Waals surface area contributed by atoms with Crippen molar-refractivity contribution >= 4 is 16.7 Å². The molecular weight excluding hydrogens is 288 g/mol. The highest BCUT2D eigenvalue weighted by Crippen LogP contribution is 2.28. The van der Waals surface area contributed by atoms with Gasteiger partial charge >= 0.3 is 0 Å². The average Bonchev–Trinajstić information content (AvgIpc) is 2.55. The fraction of sp³-hybridized carbons (Fsp3) is 0.556. The summed E-state index contributed by atoms with van der Waals surface area (Å²) in [6.45, 7) is 1.78. The van der Waals surface area contributed by atoms with E-state index in [-0.39, 0.29) is 0 Å². The molecule has 1 unspecified atom stereocenters. The molecule has 0 spiro atoms. The molecule has 0 amide bonds. The van der Waals surface area contributed by atoms with Crippen LogP contribution >= 0.6 is 0 Å². The molecule has 1 aromatic carbocycles. The Morgan fingerprint density at radius 2 is 1.91 bits per heavy atom. The highest BCUT2D eigenvalue weighted by Gasteiger charge is 2.23. The van der Waals surface area contributed by atoms with Crippen LogP contribution in [0.1, 0.15) is 44.3 Å². The van der Waals surface area contributed by atoms with Crippen LogP contribution in [0.3, 0.4) is 0 Å². The van der Waals surface area contributed by atoms with Crippen molar-refractivity contribution in [2.75, 3.05) is 19.4 Å². The van der Waals surface area contributed by atoms with Crippen LogP contribution in [0.15, 0.2) is 24.5 Å². The molecule has 1 aromatic heterocycles. The van der Waals surface area contributed by atoms with Gasteiger partial charge in [-0.3, -0.25) is 0 Å². The monoisotopic (exact) mass is 314 g/mol. The first kappa shape index (κ1) is 16.1. The van der Waals surface area contributed by atoms with E-state index >= 15 is 0 Å². The van der Waals surface area contributed by atoms with Crippen molar-refractivity contribution in [1.82, 2.24) is 14.9 Å². The summed E-state index contributed by atoms with van der Waals surface area (Å²) in [7, 11) is 4.32. The van der Waals surface area contributed by atoms with Crippen LogP contribution in [-0.2, 0) is 0 Å². The maximum atomic E-state index is 9.81. The number of anilines is 1. The third kappa shape index (κ3) is 3.62. The Bertz CT molecular complexity index is 663. The normalized spacial score (nSPS) is 23.2. The summed E-state index contributed by atoms with van der Waals surface area (Å²) in [6.07, 6.45) is 5.87. The van der Waals surface area contributed by atoms with E-state index in [1.54, 1.807) is 13.3 Å². The SMILES string of the molecule is CC(O)c1ccc2ncnc(N[C@H]3CC[C@H](N(C)C)CC3)c2c1. The van der Waals surface area contributed by atoms with Crippen molar-refractivity contribution in [3.63, 3.8) is 0 Å². The Kier molecular flexibility index (Phi) is 4.78. The van der Waals surface area contributed by atoms with Gasteiger partial charge in [0.05, 0.1) is 11.6 Å². The number of fused-ring (bicyclic) bond motifs is 1. The lowest BCUT2D eigenvalue weighted by molar-refractivity contribution is 0.199. The van der Waals surface area contributed by atoms with Gasteiger partial charge in [0.25, 0.3) is 0 Å². The quantitative estimate of drug-likeness (QED) is 0.908. The lowest BCUT2D eigenvalue weighted by Crippen LogP contribution is -2.36. The largest absolute Gasteiger partial charge is 0.389 e. The van der Waals surface area contributed by atoms with Crippen LogP contribution in [0.2, 0.25) is 0 Å². The molecule has 5 nitrogen and oxygen atoms in total. The van der Waals surface area contributed by atoms with E-state index in [4.69, 9.17) is 0 Å². The maximum Gasteiger partial charge on any atom is 0.137 e. The van der Waals surface area contributed by atoms with Crippen molar-refractivity contribution in [1.29, 1.82) is 0 Å². The molecule has 1 atom stereocenters. The zero-order valence-corrected chi connectivity index (χ0v) is 14.2. The lowest BCUT2D eigenvalue weighted by Gasteiger charge is -2.33. The minimum atomic E-state index is -0.483. The number of nitrogens with one attached hydrogen (secondary N) is 1. The molecule has 0 bridgehead atoms. The smallest absolute Gasteiger partial charge is 0.137 e. The van der Waals surface area contributed by atoms with Gasteiger partial charge < -0.3 is 15.3 Å². The minimum absolute atomic E-state index is 0.458. The van der Waals surface area contributed by atoms with Crippen LogP contribution in [0.25, 0.3) is 10.9 Å². The van der Waals surface area contributed by atoms with E-state index in [0.29, 0.717) is 12.1 Å². The van der Waals surface area contributed by atoms with Gasteiger partial charge in [0.2, 0.25) is 0 Å². The molecular formula is C18H26N4O. The summed E-state index contributed by atoms with van der Waals surface area (Å²) < 4.78 is 0. The van der Waals surface area contributed by atoms with Crippen LogP contribution in [0.4, 0.5) is 5.82 Å². The molecule has 3 rings (SSSR count). The Hall–Kier alpha value is -1.72. The Morgan fingerprint density at radius 3 is 2.57 bits per heavy atom. The molecule has 1 aliphatic carbocycles. The van der Waals surface area contributed by atoms with E-state index in [1.165, 1.54) is 12.8 Å². The van der Waals surface area contributed by atoms with Crippen LogP contribution < -0.4 is 5.32 Å². The molecule has 1 heterocycles. The second kappa shape index (κ2) is 6.81. The van der Waals surface area contributed by atoms with Crippen LogP contribution in [-0.4, -0.2) is 46.2 Å². The highest BCUT2D eigenvalue weighted by atomic mass is 16.3. The van der Waals surface area contributed by atoms with Gasteiger partial charge in [-0.25, -0.2) is 9.97 Å². The fourth-order valence-corrected chi connectivity index (χ4v) is 3.38. The summed E-state index contributed by atoms with van der Waals surface area (Å²) in [5.41, 5.74) is 1.81. The van der Waals surface area contributed by atoms with Gasteiger partial charge in [-0.1, -0.05) is 6.07 Å². The van der Waals surface area contributed by atoms with Crippen LogP contribution in [0.5, 0.6) is 0 Å². The number of hydrogen-bond donors (Lipinski definition) is 2. The first-order valence-electron chi connectivity index (χ1n) is 8.40. The predicted octanol–water partition coefficient (Wildman–Crippen LogP) is 2.97. The zero-order valence-electron chi connectivity index (χ0n) is 14.2. The maximum absolute atomic E-state index is 9.81. The first-order chi connectivity index (χ1) is 11.0. The summed E-state index contributed by atoms with van der Waals surface area (Å²) in [5, 5.41) is 14.4. The van der Waals surface area contributed by atoms with Crippen LogP contribution in [0, 0.1) is 0 Å². The topological polar surface area (TPSA) is 61.3 Å². The summed E-state index contributed by atoms with van der Waals surface area (Å²) in [6, 6.07) is 7.02. The number of aliphatic hydroxyl groups excluding tert-OH is 1. The van der Waals surface area contributed by atoms with Crippen molar-refractivity contribution in [2.45, 2.75) is 50.8 Å². The average molecular weight is 314 g/mol. The summed E-state index contributed by atoms with van der Waals surface area (Å²) in [5.74, 6) is 0.880. The molecule has 1 fully saturated rings. The molecule has 0 radical (unpaired) electrons. The zero-order chi connectivity index (χ0) is 16.4. The molecule has 23 heavy (non-hydrogen) atoms. The Labute approximate surface area is 137 Å². The molecule has 2 N–H and O–H groups in total. The van der Waals surface area contributed by atoms with E-state index in [0.717, 1.165) is 35.1 Å². The molecule has 1 aliphatic rings. The Balaban J connectivity index is 1.79.